The largest absolute Gasteiger partial charge is 0.480 e. The van der Waals surface area contributed by atoms with Crippen LogP contribution in [0, 0.1) is 13.8 Å². The first-order chi connectivity index (χ1) is 10.1. The van der Waals surface area contributed by atoms with Gasteiger partial charge in [0, 0.05) is 11.3 Å². The number of alkyl halides is 3. The van der Waals surface area contributed by atoms with Crippen LogP contribution in [-0.4, -0.2) is 40.1 Å². The molecule has 0 saturated carbocycles. The fraction of sp³-hybridized carbons (Fsp3) is 0.583. The summed E-state index contributed by atoms with van der Waals surface area (Å²) >= 11 is 1.13. The number of carboxylic acid groups (broad SMARTS) is 1. The minimum atomic E-state index is -4.67. The Morgan fingerprint density at radius 3 is 2.50 bits per heavy atom. The summed E-state index contributed by atoms with van der Waals surface area (Å²) in [6.07, 6.45) is -6.28. The van der Waals surface area contributed by atoms with Crippen molar-refractivity contribution in [2.75, 3.05) is 5.75 Å². The van der Waals surface area contributed by atoms with Crippen LogP contribution in [0.3, 0.4) is 0 Å². The molecule has 0 spiro atoms. The van der Waals surface area contributed by atoms with Crippen LogP contribution in [-0.2, 0) is 15.3 Å². The summed E-state index contributed by atoms with van der Waals surface area (Å²) in [5.74, 6) is -1.65. The Bertz CT molecular complexity index is 525. The van der Waals surface area contributed by atoms with Crippen LogP contribution < -0.4 is 5.32 Å². The standard InChI is InChI=1S/C12H15F3N2O4S/c1-6-8(7(2)21-17-6)4-22-5-10(18)16-9(11(19)20)3-12(13,14)15/h9H,3-5H2,1-2H3,(H,16,18)(H,19,20). The number of carboxylic acids is 1. The Kier molecular flexibility index (Phi) is 6.27. The van der Waals surface area contributed by atoms with Crippen LogP contribution in [0.5, 0.6) is 0 Å². The average molecular weight is 340 g/mol. The predicted octanol–water partition coefficient (Wildman–Crippen LogP) is 2.05. The van der Waals surface area contributed by atoms with Gasteiger partial charge in [0.25, 0.3) is 0 Å². The van der Waals surface area contributed by atoms with E-state index in [-0.39, 0.29) is 5.75 Å². The molecule has 1 aromatic heterocycles. The first-order valence-corrected chi connectivity index (χ1v) is 7.34. The Labute approximate surface area is 128 Å². The predicted molar refractivity (Wildman–Crippen MR) is 72.4 cm³/mol. The number of rotatable bonds is 7. The van der Waals surface area contributed by atoms with Crippen molar-refractivity contribution < 1.29 is 32.4 Å². The molecule has 1 heterocycles. The number of carbonyl (C=O) groups is 2. The van der Waals surface area contributed by atoms with E-state index in [1.807, 2.05) is 5.32 Å². The Balaban J connectivity index is 2.46. The molecule has 2 N–H and O–H groups in total. The smallest absolute Gasteiger partial charge is 0.391 e. The number of nitrogens with one attached hydrogen (secondary N) is 1. The number of nitrogens with zero attached hydrogens (tertiary/aromatic N) is 1. The summed E-state index contributed by atoms with van der Waals surface area (Å²) in [7, 11) is 0. The van der Waals surface area contributed by atoms with E-state index in [2.05, 4.69) is 5.16 Å². The summed E-state index contributed by atoms with van der Waals surface area (Å²) in [6, 6.07) is -1.98. The zero-order valence-electron chi connectivity index (χ0n) is 11.9. The second kappa shape index (κ2) is 7.52. The van der Waals surface area contributed by atoms with Gasteiger partial charge >= 0.3 is 12.1 Å². The number of carbonyl (C=O) groups excluding carboxylic acids is 1. The van der Waals surface area contributed by atoms with Gasteiger partial charge in [-0.1, -0.05) is 5.16 Å². The summed E-state index contributed by atoms with van der Waals surface area (Å²) in [5.41, 5.74) is 1.48. The Morgan fingerprint density at radius 1 is 1.41 bits per heavy atom. The van der Waals surface area contributed by atoms with E-state index in [0.29, 0.717) is 17.2 Å². The van der Waals surface area contributed by atoms with E-state index in [0.717, 1.165) is 17.3 Å². The molecule has 0 aromatic carbocycles. The molecule has 1 amide bonds. The summed E-state index contributed by atoms with van der Waals surface area (Å²) in [5, 5.41) is 14.3. The maximum absolute atomic E-state index is 12.2. The number of amides is 1. The fourth-order valence-corrected chi connectivity index (χ4v) is 2.61. The van der Waals surface area contributed by atoms with Crippen LogP contribution >= 0.6 is 11.8 Å². The molecule has 0 aliphatic rings. The minimum absolute atomic E-state index is 0.161. The normalized spacial score (nSPS) is 13.0. The number of aryl methyl sites for hydroxylation is 2. The van der Waals surface area contributed by atoms with Crippen molar-refractivity contribution in [1.29, 1.82) is 0 Å². The SMILES string of the molecule is Cc1noc(C)c1CSCC(=O)NC(CC(F)(F)F)C(=O)O. The molecule has 0 saturated heterocycles. The topological polar surface area (TPSA) is 92.4 Å². The molecule has 22 heavy (non-hydrogen) atoms. The van der Waals surface area contributed by atoms with E-state index in [1.54, 1.807) is 13.8 Å². The number of halogens is 3. The Morgan fingerprint density at radius 2 is 2.05 bits per heavy atom. The van der Waals surface area contributed by atoms with Crippen LogP contribution in [0.1, 0.15) is 23.4 Å². The summed E-state index contributed by atoms with van der Waals surface area (Å²) in [6.45, 7) is 3.44. The van der Waals surface area contributed by atoms with Gasteiger partial charge in [0.05, 0.1) is 17.9 Å². The van der Waals surface area contributed by atoms with Crippen molar-refractivity contribution >= 4 is 23.6 Å². The van der Waals surface area contributed by atoms with E-state index < -0.39 is 30.5 Å². The maximum atomic E-state index is 12.2. The van der Waals surface area contributed by atoms with Crippen LogP contribution in [0.15, 0.2) is 4.52 Å². The molecule has 1 unspecified atom stereocenters. The number of hydrogen-bond donors (Lipinski definition) is 2. The number of thioether (sulfide) groups is 1. The zero-order chi connectivity index (χ0) is 16.9. The van der Waals surface area contributed by atoms with Gasteiger partial charge in [0.1, 0.15) is 11.8 Å². The van der Waals surface area contributed by atoms with Crippen molar-refractivity contribution in [3.63, 3.8) is 0 Å². The molecule has 0 bridgehead atoms. The lowest BCUT2D eigenvalue weighted by Crippen LogP contribution is -2.44. The van der Waals surface area contributed by atoms with Crippen LogP contribution in [0.25, 0.3) is 0 Å². The fourth-order valence-electron chi connectivity index (χ4n) is 1.62. The van der Waals surface area contributed by atoms with Crippen molar-refractivity contribution in [2.24, 2.45) is 0 Å². The third kappa shape index (κ3) is 5.96. The van der Waals surface area contributed by atoms with E-state index in [9.17, 15) is 22.8 Å². The lowest BCUT2D eigenvalue weighted by molar-refractivity contribution is -0.159. The minimum Gasteiger partial charge on any atom is -0.480 e. The van der Waals surface area contributed by atoms with E-state index in [4.69, 9.17) is 9.63 Å². The van der Waals surface area contributed by atoms with Crippen molar-refractivity contribution in [3.8, 4) is 0 Å². The molecular formula is C12H15F3N2O4S. The monoisotopic (exact) mass is 340 g/mol. The van der Waals surface area contributed by atoms with Gasteiger partial charge in [0.2, 0.25) is 5.91 Å². The van der Waals surface area contributed by atoms with Crippen LogP contribution in [0.4, 0.5) is 13.2 Å². The Hall–Kier alpha value is -1.71. The molecule has 1 atom stereocenters. The highest BCUT2D eigenvalue weighted by Crippen LogP contribution is 2.22. The molecular weight excluding hydrogens is 325 g/mol. The third-order valence-corrected chi connectivity index (χ3v) is 3.69. The lowest BCUT2D eigenvalue weighted by atomic mass is 10.2. The van der Waals surface area contributed by atoms with Crippen molar-refractivity contribution in [1.82, 2.24) is 10.5 Å². The van der Waals surface area contributed by atoms with Gasteiger partial charge in [0.15, 0.2) is 0 Å². The second-order valence-electron chi connectivity index (χ2n) is 4.57. The van der Waals surface area contributed by atoms with Gasteiger partial charge in [-0.05, 0) is 13.8 Å². The third-order valence-electron chi connectivity index (χ3n) is 2.73. The molecule has 0 aliphatic heterocycles. The molecule has 0 aliphatic carbocycles. The van der Waals surface area contributed by atoms with Crippen molar-refractivity contribution in [3.05, 3.63) is 17.0 Å². The molecule has 0 radical (unpaired) electrons. The first kappa shape index (κ1) is 18.3. The van der Waals surface area contributed by atoms with Crippen LogP contribution in [0.2, 0.25) is 0 Å². The maximum Gasteiger partial charge on any atom is 0.391 e. The number of aliphatic carboxylic acids is 1. The van der Waals surface area contributed by atoms with Gasteiger partial charge in [-0.3, -0.25) is 4.79 Å². The van der Waals surface area contributed by atoms with Gasteiger partial charge < -0.3 is 14.9 Å². The number of aromatic nitrogens is 1. The van der Waals surface area contributed by atoms with E-state index >= 15 is 0 Å². The number of hydrogen-bond acceptors (Lipinski definition) is 5. The lowest BCUT2D eigenvalue weighted by Gasteiger charge is -2.16. The summed E-state index contributed by atoms with van der Waals surface area (Å²) < 4.78 is 41.6. The van der Waals surface area contributed by atoms with Gasteiger partial charge in [-0.15, -0.1) is 11.8 Å². The van der Waals surface area contributed by atoms with Gasteiger partial charge in [-0.25, -0.2) is 4.79 Å². The van der Waals surface area contributed by atoms with Crippen molar-refractivity contribution in [2.45, 2.75) is 38.2 Å². The first-order valence-electron chi connectivity index (χ1n) is 6.18. The second-order valence-corrected chi connectivity index (χ2v) is 5.56. The molecule has 6 nitrogen and oxygen atoms in total. The zero-order valence-corrected chi connectivity index (χ0v) is 12.7. The molecule has 0 fully saturated rings. The molecule has 1 rings (SSSR count). The highest BCUT2D eigenvalue weighted by atomic mass is 32.2. The molecule has 10 heteroatoms. The molecule has 124 valence electrons. The van der Waals surface area contributed by atoms with E-state index in [1.165, 1.54) is 0 Å². The quantitative estimate of drug-likeness (QED) is 0.789. The van der Waals surface area contributed by atoms with Gasteiger partial charge in [-0.2, -0.15) is 13.2 Å². The molecule has 1 aromatic rings. The highest BCUT2D eigenvalue weighted by molar-refractivity contribution is 7.99. The summed E-state index contributed by atoms with van der Waals surface area (Å²) in [4.78, 5) is 22.3. The highest BCUT2D eigenvalue weighted by Gasteiger charge is 2.36. The average Bonchev–Trinajstić information content (AvgIpc) is 2.68.